The van der Waals surface area contributed by atoms with Crippen LogP contribution in [-0.2, 0) is 0 Å². The highest BCUT2D eigenvalue weighted by atomic mass is 19.1. The van der Waals surface area contributed by atoms with Crippen LogP contribution in [0.4, 0.5) is 4.39 Å². The van der Waals surface area contributed by atoms with Gasteiger partial charge in [0.2, 0.25) is 0 Å². The summed E-state index contributed by atoms with van der Waals surface area (Å²) in [7, 11) is 0. The van der Waals surface area contributed by atoms with Gasteiger partial charge < -0.3 is 0 Å². The van der Waals surface area contributed by atoms with Gasteiger partial charge in [-0.25, -0.2) is 4.39 Å². The topological polar surface area (TPSA) is 0 Å². The molecule has 0 amide bonds. The molecule has 0 bridgehead atoms. The van der Waals surface area contributed by atoms with Crippen LogP contribution in [0, 0.1) is 32.0 Å². The van der Waals surface area contributed by atoms with Crippen LogP contribution < -0.4 is 0 Å². The van der Waals surface area contributed by atoms with Gasteiger partial charge in [-0.05, 0) is 42.7 Å². The second-order valence-corrected chi connectivity index (χ2v) is 4.16. The van der Waals surface area contributed by atoms with Crippen LogP contribution >= 0.6 is 0 Å². The standard InChI is InChI=1S/C16H13F/c1-4-15-12(3)9-14(10-16(15)17)13-7-5-11(2)6-8-13/h1,5-10H,2-3H3. The molecule has 0 aliphatic heterocycles. The van der Waals surface area contributed by atoms with Gasteiger partial charge in [0.1, 0.15) is 5.82 Å². The summed E-state index contributed by atoms with van der Waals surface area (Å²) in [6.45, 7) is 3.85. The van der Waals surface area contributed by atoms with Gasteiger partial charge in [0.15, 0.2) is 0 Å². The van der Waals surface area contributed by atoms with Crippen LogP contribution in [-0.4, -0.2) is 0 Å². The lowest BCUT2D eigenvalue weighted by Gasteiger charge is -2.07. The molecule has 0 aliphatic carbocycles. The minimum absolute atomic E-state index is 0.330. The first-order chi connectivity index (χ1) is 8.11. The number of hydrogen-bond acceptors (Lipinski definition) is 0. The quantitative estimate of drug-likeness (QED) is 0.640. The number of terminal acetylenes is 1. The maximum Gasteiger partial charge on any atom is 0.139 e. The predicted molar refractivity (Wildman–Crippen MR) is 69.2 cm³/mol. The average molecular weight is 224 g/mol. The van der Waals surface area contributed by atoms with Gasteiger partial charge in [0, 0.05) is 0 Å². The third-order valence-corrected chi connectivity index (χ3v) is 2.82. The normalized spacial score (nSPS) is 10.0. The van der Waals surface area contributed by atoms with Crippen molar-refractivity contribution in [2.45, 2.75) is 13.8 Å². The van der Waals surface area contributed by atoms with Crippen molar-refractivity contribution >= 4 is 0 Å². The van der Waals surface area contributed by atoms with Crippen molar-refractivity contribution in [1.82, 2.24) is 0 Å². The molecular formula is C16H13F. The van der Waals surface area contributed by atoms with E-state index in [1.807, 2.05) is 44.2 Å². The number of aryl methyl sites for hydroxylation is 2. The lowest BCUT2D eigenvalue weighted by molar-refractivity contribution is 0.623. The second-order valence-electron chi connectivity index (χ2n) is 4.16. The van der Waals surface area contributed by atoms with Crippen molar-refractivity contribution in [1.29, 1.82) is 0 Å². The monoisotopic (exact) mass is 224 g/mol. The van der Waals surface area contributed by atoms with E-state index in [1.165, 1.54) is 11.6 Å². The van der Waals surface area contributed by atoms with Crippen LogP contribution in [0.25, 0.3) is 11.1 Å². The van der Waals surface area contributed by atoms with Gasteiger partial charge in [-0.2, -0.15) is 0 Å². The number of benzene rings is 2. The number of hydrogen-bond donors (Lipinski definition) is 0. The van der Waals surface area contributed by atoms with E-state index in [2.05, 4.69) is 5.92 Å². The maximum atomic E-state index is 13.7. The van der Waals surface area contributed by atoms with Crippen molar-refractivity contribution in [2.75, 3.05) is 0 Å². The number of rotatable bonds is 1. The van der Waals surface area contributed by atoms with E-state index in [-0.39, 0.29) is 5.82 Å². The van der Waals surface area contributed by atoms with Gasteiger partial charge in [-0.15, -0.1) is 6.42 Å². The molecule has 2 rings (SSSR count). The molecule has 2 aromatic carbocycles. The Morgan fingerprint density at radius 1 is 1.00 bits per heavy atom. The molecule has 0 spiro atoms. The minimum atomic E-state index is -0.330. The molecular weight excluding hydrogens is 211 g/mol. The molecule has 0 atom stereocenters. The molecule has 84 valence electrons. The Labute approximate surface area is 101 Å². The molecule has 0 fully saturated rings. The maximum absolute atomic E-state index is 13.7. The molecule has 0 N–H and O–H groups in total. The van der Waals surface area contributed by atoms with Crippen molar-refractivity contribution in [3.05, 3.63) is 58.9 Å². The molecule has 17 heavy (non-hydrogen) atoms. The van der Waals surface area contributed by atoms with E-state index in [0.29, 0.717) is 5.56 Å². The van der Waals surface area contributed by atoms with Crippen LogP contribution in [0.2, 0.25) is 0 Å². The summed E-state index contributed by atoms with van der Waals surface area (Å²) in [5.41, 5.74) is 4.19. The van der Waals surface area contributed by atoms with E-state index in [9.17, 15) is 4.39 Å². The summed E-state index contributed by atoms with van der Waals surface area (Å²) in [5.74, 6) is 2.05. The summed E-state index contributed by atoms with van der Waals surface area (Å²) in [6, 6.07) is 11.4. The van der Waals surface area contributed by atoms with Gasteiger partial charge in [0.25, 0.3) is 0 Å². The van der Waals surface area contributed by atoms with Crippen LogP contribution in [0.15, 0.2) is 36.4 Å². The van der Waals surface area contributed by atoms with Crippen molar-refractivity contribution in [3.8, 4) is 23.5 Å². The van der Waals surface area contributed by atoms with Gasteiger partial charge in [-0.1, -0.05) is 35.7 Å². The van der Waals surface area contributed by atoms with Crippen molar-refractivity contribution in [2.24, 2.45) is 0 Å². The molecule has 0 aromatic heterocycles. The van der Waals surface area contributed by atoms with Gasteiger partial charge in [0.05, 0.1) is 5.56 Å². The highest BCUT2D eigenvalue weighted by Crippen LogP contribution is 2.24. The van der Waals surface area contributed by atoms with Crippen molar-refractivity contribution in [3.63, 3.8) is 0 Å². The lowest BCUT2D eigenvalue weighted by Crippen LogP contribution is -1.91. The van der Waals surface area contributed by atoms with Gasteiger partial charge in [-0.3, -0.25) is 0 Å². The third kappa shape index (κ3) is 2.21. The van der Waals surface area contributed by atoms with E-state index in [1.54, 1.807) is 0 Å². The fourth-order valence-corrected chi connectivity index (χ4v) is 1.84. The second kappa shape index (κ2) is 4.43. The Morgan fingerprint density at radius 3 is 2.18 bits per heavy atom. The summed E-state index contributed by atoms with van der Waals surface area (Å²) < 4.78 is 13.7. The van der Waals surface area contributed by atoms with Crippen LogP contribution in [0.1, 0.15) is 16.7 Å². The predicted octanol–water partition coefficient (Wildman–Crippen LogP) is 4.09. The van der Waals surface area contributed by atoms with Crippen molar-refractivity contribution < 1.29 is 4.39 Å². The first kappa shape index (κ1) is 11.4. The molecule has 1 heteroatoms. The molecule has 0 radical (unpaired) electrons. The molecule has 0 saturated carbocycles. The third-order valence-electron chi connectivity index (χ3n) is 2.82. The molecule has 0 unspecified atom stereocenters. The molecule has 2 aromatic rings. The van der Waals surface area contributed by atoms with E-state index >= 15 is 0 Å². The fraction of sp³-hybridized carbons (Fsp3) is 0.125. The summed E-state index contributed by atoms with van der Waals surface area (Å²) >= 11 is 0. The Hall–Kier alpha value is -2.07. The molecule has 0 aliphatic rings. The van der Waals surface area contributed by atoms with Gasteiger partial charge >= 0.3 is 0 Å². The van der Waals surface area contributed by atoms with Crippen LogP contribution in [0.3, 0.4) is 0 Å². The zero-order chi connectivity index (χ0) is 12.4. The molecule has 0 saturated heterocycles. The lowest BCUT2D eigenvalue weighted by atomic mass is 9.99. The Kier molecular flexibility index (Phi) is 2.97. The zero-order valence-corrected chi connectivity index (χ0v) is 9.92. The van der Waals surface area contributed by atoms with E-state index < -0.39 is 0 Å². The Morgan fingerprint density at radius 2 is 1.65 bits per heavy atom. The minimum Gasteiger partial charge on any atom is -0.206 e. The smallest absolute Gasteiger partial charge is 0.139 e. The summed E-state index contributed by atoms with van der Waals surface area (Å²) in [6.07, 6.45) is 5.27. The molecule has 0 heterocycles. The fourth-order valence-electron chi connectivity index (χ4n) is 1.84. The average Bonchev–Trinajstić information content (AvgIpc) is 2.29. The van der Waals surface area contributed by atoms with E-state index in [4.69, 9.17) is 6.42 Å². The van der Waals surface area contributed by atoms with Crippen LogP contribution in [0.5, 0.6) is 0 Å². The Bertz CT molecular complexity index is 563. The van der Waals surface area contributed by atoms with E-state index in [0.717, 1.165) is 16.7 Å². The zero-order valence-electron chi connectivity index (χ0n) is 9.92. The highest BCUT2D eigenvalue weighted by molar-refractivity contribution is 5.66. The summed E-state index contributed by atoms with van der Waals surface area (Å²) in [4.78, 5) is 0. The summed E-state index contributed by atoms with van der Waals surface area (Å²) in [5, 5.41) is 0. The SMILES string of the molecule is C#Cc1c(C)cc(-c2ccc(C)cc2)cc1F. The number of halogens is 1. The first-order valence-electron chi connectivity index (χ1n) is 5.45. The molecule has 0 nitrogen and oxygen atoms in total. The largest absolute Gasteiger partial charge is 0.206 e. The first-order valence-corrected chi connectivity index (χ1v) is 5.45. The highest BCUT2D eigenvalue weighted by Gasteiger charge is 2.07. The Balaban J connectivity index is 2.55.